The van der Waals surface area contributed by atoms with Crippen molar-refractivity contribution < 1.29 is 24.5 Å². The van der Waals surface area contributed by atoms with Gasteiger partial charge in [-0.25, -0.2) is 4.68 Å². The fraction of sp³-hybridized carbons (Fsp3) is 0.444. The second-order valence-electron chi connectivity index (χ2n) is 9.03. The van der Waals surface area contributed by atoms with Crippen molar-refractivity contribution in [3.63, 3.8) is 0 Å². The smallest absolute Gasteiger partial charge is 0.254 e. The van der Waals surface area contributed by atoms with E-state index in [-0.39, 0.29) is 13.2 Å². The maximum absolute atomic E-state index is 12.5. The molecular weight excluding hydrogens is 460 g/mol. The predicted octanol–water partition coefficient (Wildman–Crippen LogP) is 2.74. The van der Waals surface area contributed by atoms with Crippen molar-refractivity contribution in [2.75, 3.05) is 19.7 Å². The minimum Gasteiger partial charge on any atom is -0.487 e. The number of nitrogens with zero attached hydrogens (tertiary/aromatic N) is 4. The molecular formula is C27H34N4O5. The van der Waals surface area contributed by atoms with Gasteiger partial charge in [-0.1, -0.05) is 66.6 Å². The largest absolute Gasteiger partial charge is 0.487 e. The highest BCUT2D eigenvalue weighted by Crippen LogP contribution is 2.24. The molecule has 0 bridgehead atoms. The van der Waals surface area contributed by atoms with E-state index >= 15 is 0 Å². The predicted molar refractivity (Wildman–Crippen MR) is 133 cm³/mol. The Hall–Kier alpha value is -3.27. The summed E-state index contributed by atoms with van der Waals surface area (Å²) in [5.74, 6) is 0.275. The second kappa shape index (κ2) is 13.2. The van der Waals surface area contributed by atoms with E-state index in [0.717, 1.165) is 31.4 Å². The van der Waals surface area contributed by atoms with Crippen LogP contribution in [0.5, 0.6) is 5.75 Å². The van der Waals surface area contributed by atoms with Crippen LogP contribution in [0.2, 0.25) is 0 Å². The molecule has 3 aromatic rings. The van der Waals surface area contributed by atoms with E-state index in [4.69, 9.17) is 9.47 Å². The minimum absolute atomic E-state index is 0.229. The summed E-state index contributed by atoms with van der Waals surface area (Å²) in [5.41, 5.74) is 1.76. The maximum atomic E-state index is 12.5. The van der Waals surface area contributed by atoms with E-state index in [9.17, 15) is 15.0 Å². The SMILES string of the molecule is O=C1[C@@H](O)C(O)C(n2cc(COc3ccccc3)nn2)CN1CCCCCCOCc1ccccc1. The summed E-state index contributed by atoms with van der Waals surface area (Å²) in [7, 11) is 0. The molecule has 36 heavy (non-hydrogen) atoms. The molecule has 9 heteroatoms. The van der Waals surface area contributed by atoms with Gasteiger partial charge in [-0.2, -0.15) is 0 Å². The standard InChI is InChI=1S/C27H34N4O5/c32-25-24(31-17-22(28-29-31)20-36-23-13-7-4-8-14-23)18-30(27(34)26(25)33)15-9-1-2-10-16-35-19-21-11-5-3-6-12-21/h3-8,11-14,17,24-26,32-33H,1-2,9-10,15-16,18-20H2/t24?,25?,26-/m0/s1. The van der Waals surface area contributed by atoms with Crippen molar-refractivity contribution in [1.29, 1.82) is 0 Å². The highest BCUT2D eigenvalue weighted by Gasteiger charge is 2.42. The molecule has 0 saturated carbocycles. The van der Waals surface area contributed by atoms with Gasteiger partial charge in [0, 0.05) is 19.7 Å². The number of hydrogen-bond acceptors (Lipinski definition) is 7. The molecule has 1 aromatic heterocycles. The summed E-state index contributed by atoms with van der Waals surface area (Å²) in [5, 5.41) is 29.1. The van der Waals surface area contributed by atoms with Crippen LogP contribution >= 0.6 is 0 Å². The number of amides is 1. The molecule has 0 aliphatic carbocycles. The maximum Gasteiger partial charge on any atom is 0.254 e. The Labute approximate surface area is 211 Å². The van der Waals surface area contributed by atoms with Gasteiger partial charge in [0.15, 0.2) is 6.10 Å². The van der Waals surface area contributed by atoms with Gasteiger partial charge in [-0.05, 0) is 30.5 Å². The van der Waals surface area contributed by atoms with Crippen LogP contribution in [0.4, 0.5) is 0 Å². The number of ether oxygens (including phenoxy) is 2. The summed E-state index contributed by atoms with van der Waals surface area (Å²) in [6.45, 7) is 2.33. The third kappa shape index (κ3) is 7.13. The van der Waals surface area contributed by atoms with Crippen molar-refractivity contribution in [2.24, 2.45) is 0 Å². The zero-order valence-electron chi connectivity index (χ0n) is 20.4. The first-order chi connectivity index (χ1) is 17.6. The van der Waals surface area contributed by atoms with Gasteiger partial charge in [-0.3, -0.25) is 4.79 Å². The van der Waals surface area contributed by atoms with E-state index in [0.29, 0.717) is 25.5 Å². The molecule has 9 nitrogen and oxygen atoms in total. The number of unbranched alkanes of at least 4 members (excludes halogenated alkanes) is 3. The van der Waals surface area contributed by atoms with Crippen LogP contribution in [-0.2, 0) is 22.7 Å². The summed E-state index contributed by atoms with van der Waals surface area (Å²) >= 11 is 0. The molecule has 2 unspecified atom stereocenters. The molecule has 2 N–H and O–H groups in total. The Morgan fingerprint density at radius 1 is 0.917 bits per heavy atom. The van der Waals surface area contributed by atoms with E-state index in [2.05, 4.69) is 10.3 Å². The lowest BCUT2D eigenvalue weighted by Gasteiger charge is -2.38. The fourth-order valence-corrected chi connectivity index (χ4v) is 4.25. The zero-order chi connectivity index (χ0) is 25.2. The molecule has 0 spiro atoms. The third-order valence-corrected chi connectivity index (χ3v) is 6.30. The van der Waals surface area contributed by atoms with Crippen molar-refractivity contribution in [1.82, 2.24) is 19.9 Å². The molecule has 0 radical (unpaired) electrons. The highest BCUT2D eigenvalue weighted by atomic mass is 16.5. The molecule has 1 amide bonds. The molecule has 1 aliphatic heterocycles. The van der Waals surface area contributed by atoms with Crippen molar-refractivity contribution in [2.45, 2.75) is 57.1 Å². The number of hydrogen-bond donors (Lipinski definition) is 2. The number of piperidine rings is 1. The van der Waals surface area contributed by atoms with Crippen LogP contribution < -0.4 is 4.74 Å². The van der Waals surface area contributed by atoms with Gasteiger partial charge in [0.25, 0.3) is 5.91 Å². The van der Waals surface area contributed by atoms with Gasteiger partial charge in [0.05, 0.1) is 12.8 Å². The number of benzene rings is 2. The summed E-state index contributed by atoms with van der Waals surface area (Å²) in [4.78, 5) is 14.2. The van der Waals surface area contributed by atoms with Crippen molar-refractivity contribution >= 4 is 5.91 Å². The van der Waals surface area contributed by atoms with Crippen LogP contribution in [0, 0.1) is 0 Å². The average Bonchev–Trinajstić information content (AvgIpc) is 3.39. The summed E-state index contributed by atoms with van der Waals surface area (Å²) in [6.07, 6.45) is 2.67. The third-order valence-electron chi connectivity index (χ3n) is 6.30. The number of aliphatic hydroxyl groups excluding tert-OH is 2. The molecule has 192 valence electrons. The van der Waals surface area contributed by atoms with Crippen LogP contribution in [0.25, 0.3) is 0 Å². The van der Waals surface area contributed by atoms with Gasteiger partial charge in [0.1, 0.15) is 30.2 Å². The van der Waals surface area contributed by atoms with E-state index in [1.54, 1.807) is 11.1 Å². The summed E-state index contributed by atoms with van der Waals surface area (Å²) < 4.78 is 12.9. The van der Waals surface area contributed by atoms with Gasteiger partial charge >= 0.3 is 0 Å². The lowest BCUT2D eigenvalue weighted by Crippen LogP contribution is -2.57. The Morgan fingerprint density at radius 2 is 1.64 bits per heavy atom. The first kappa shape index (κ1) is 25.8. The molecule has 2 aromatic carbocycles. The van der Waals surface area contributed by atoms with Gasteiger partial charge < -0.3 is 24.6 Å². The van der Waals surface area contributed by atoms with Crippen molar-refractivity contribution in [3.05, 3.63) is 78.1 Å². The Morgan fingerprint density at radius 3 is 2.42 bits per heavy atom. The lowest BCUT2D eigenvalue weighted by atomic mass is 9.98. The van der Waals surface area contributed by atoms with E-state index < -0.39 is 24.2 Å². The molecule has 1 aliphatic rings. The van der Waals surface area contributed by atoms with Crippen LogP contribution in [-0.4, -0.2) is 67.9 Å². The highest BCUT2D eigenvalue weighted by molar-refractivity contribution is 5.82. The monoisotopic (exact) mass is 494 g/mol. The fourth-order valence-electron chi connectivity index (χ4n) is 4.25. The quantitative estimate of drug-likeness (QED) is 0.352. The van der Waals surface area contributed by atoms with E-state index in [1.165, 1.54) is 10.2 Å². The number of aromatic nitrogens is 3. The van der Waals surface area contributed by atoms with Crippen LogP contribution in [0.15, 0.2) is 66.9 Å². The number of aliphatic hydroxyl groups is 2. The molecule has 3 atom stereocenters. The van der Waals surface area contributed by atoms with Crippen molar-refractivity contribution in [3.8, 4) is 5.75 Å². The second-order valence-corrected chi connectivity index (χ2v) is 9.03. The number of likely N-dealkylation sites (tertiary alicyclic amines) is 1. The molecule has 4 rings (SSSR count). The number of para-hydroxylation sites is 1. The van der Waals surface area contributed by atoms with Gasteiger partial charge in [0.2, 0.25) is 0 Å². The first-order valence-electron chi connectivity index (χ1n) is 12.5. The first-order valence-corrected chi connectivity index (χ1v) is 12.5. The van der Waals surface area contributed by atoms with Gasteiger partial charge in [-0.15, -0.1) is 5.10 Å². The lowest BCUT2D eigenvalue weighted by molar-refractivity contribution is -0.158. The van der Waals surface area contributed by atoms with Crippen LogP contribution in [0.1, 0.15) is 43.0 Å². The minimum atomic E-state index is -1.48. The zero-order valence-corrected chi connectivity index (χ0v) is 20.4. The molecule has 2 heterocycles. The Balaban J connectivity index is 1.19. The Kier molecular flexibility index (Phi) is 9.43. The number of rotatable bonds is 13. The summed E-state index contributed by atoms with van der Waals surface area (Å²) in [6, 6.07) is 18.9. The number of carbonyl (C=O) groups is 1. The van der Waals surface area contributed by atoms with E-state index in [1.807, 2.05) is 60.7 Å². The topological polar surface area (TPSA) is 110 Å². The Bertz CT molecular complexity index is 1060. The van der Waals surface area contributed by atoms with Crippen LogP contribution in [0.3, 0.4) is 0 Å². The molecule has 1 fully saturated rings. The molecule has 1 saturated heterocycles. The normalized spacial score (nSPS) is 20.0. The number of carbonyl (C=O) groups excluding carboxylic acids is 1. The average molecular weight is 495 g/mol.